The van der Waals surface area contributed by atoms with Crippen LogP contribution in [0.15, 0.2) is 36.5 Å². The van der Waals surface area contributed by atoms with Crippen LogP contribution in [-0.4, -0.2) is 22.1 Å². The van der Waals surface area contributed by atoms with Crippen molar-refractivity contribution < 1.29 is 18.0 Å². The van der Waals surface area contributed by atoms with Crippen LogP contribution in [0.5, 0.6) is 0 Å². The predicted molar refractivity (Wildman–Crippen MR) is 92.3 cm³/mol. The zero-order valence-corrected chi connectivity index (χ0v) is 14.4. The molecular weight excluding hydrogens is 343 g/mol. The highest BCUT2D eigenvalue weighted by Gasteiger charge is 2.48. The molecule has 2 aromatic rings. The Morgan fingerprint density at radius 2 is 1.96 bits per heavy atom. The quantitative estimate of drug-likeness (QED) is 0.855. The van der Waals surface area contributed by atoms with Gasteiger partial charge < -0.3 is 5.32 Å². The summed E-state index contributed by atoms with van der Waals surface area (Å²) in [7, 11) is 0. The van der Waals surface area contributed by atoms with Crippen LogP contribution in [0.2, 0.25) is 0 Å². The number of carbonyl (C=O) groups is 1. The Morgan fingerprint density at radius 3 is 2.69 bits per heavy atom. The lowest BCUT2D eigenvalue weighted by atomic mass is 9.78. The van der Waals surface area contributed by atoms with Crippen molar-refractivity contribution in [1.82, 2.24) is 9.97 Å². The second-order valence-corrected chi connectivity index (χ2v) is 6.60. The van der Waals surface area contributed by atoms with Gasteiger partial charge in [-0.05, 0) is 38.0 Å². The normalized spacial score (nSPS) is 20.6. The molecule has 1 aromatic carbocycles. The monoisotopic (exact) mass is 363 g/mol. The summed E-state index contributed by atoms with van der Waals surface area (Å²) in [5.74, 6) is -2.55. The van der Waals surface area contributed by atoms with Gasteiger partial charge in [0.1, 0.15) is 5.82 Å². The van der Waals surface area contributed by atoms with E-state index in [2.05, 4.69) is 15.3 Å². The van der Waals surface area contributed by atoms with Crippen LogP contribution >= 0.6 is 0 Å². The van der Waals surface area contributed by atoms with E-state index < -0.39 is 23.9 Å². The number of carbonyl (C=O) groups excluding carboxylic acids is 1. The highest BCUT2D eigenvalue weighted by Crippen LogP contribution is 2.42. The summed E-state index contributed by atoms with van der Waals surface area (Å²) >= 11 is 0. The molecule has 0 saturated heterocycles. The van der Waals surface area contributed by atoms with Gasteiger partial charge in [0.15, 0.2) is 0 Å². The van der Waals surface area contributed by atoms with Gasteiger partial charge in [0.05, 0.1) is 11.6 Å². The number of halogens is 3. The number of nitrogens with zero attached hydrogens (tertiary/aromatic N) is 2. The molecule has 0 radical (unpaired) electrons. The van der Waals surface area contributed by atoms with Gasteiger partial charge in [-0.15, -0.1) is 0 Å². The highest BCUT2D eigenvalue weighted by atomic mass is 19.4. The number of hydrogen-bond donors (Lipinski definition) is 1. The molecule has 1 saturated carbocycles. The maximum Gasteiger partial charge on any atom is 0.392 e. The maximum atomic E-state index is 13.2. The van der Waals surface area contributed by atoms with Crippen LogP contribution in [-0.2, 0) is 4.79 Å². The summed E-state index contributed by atoms with van der Waals surface area (Å²) in [5.41, 5.74) is 1.93. The largest absolute Gasteiger partial charge is 0.392 e. The number of aromatic nitrogens is 2. The van der Waals surface area contributed by atoms with Gasteiger partial charge in [0.2, 0.25) is 5.91 Å². The molecule has 1 N–H and O–H groups in total. The molecule has 1 aliphatic carbocycles. The van der Waals surface area contributed by atoms with Crippen LogP contribution in [0.1, 0.15) is 31.5 Å². The number of benzene rings is 1. The minimum atomic E-state index is -4.34. The number of anilines is 1. The van der Waals surface area contributed by atoms with E-state index in [-0.39, 0.29) is 12.8 Å². The standard InChI is InChI=1S/C19H20F3N3O/c1-12-23-10-9-17(24-12)13-5-4-6-14(11-13)25-18(26)15-7-2-3-8-16(15)19(20,21)22/h4-6,9-11,15-16H,2-3,7-8H2,1H3,(H,25,26)/t15-,16+/m0/s1. The fourth-order valence-electron chi connectivity index (χ4n) is 3.44. The second-order valence-electron chi connectivity index (χ2n) is 6.60. The molecule has 26 heavy (non-hydrogen) atoms. The summed E-state index contributed by atoms with van der Waals surface area (Å²) < 4.78 is 39.7. The van der Waals surface area contributed by atoms with Crippen LogP contribution < -0.4 is 5.32 Å². The molecule has 1 fully saturated rings. The Morgan fingerprint density at radius 1 is 1.19 bits per heavy atom. The summed E-state index contributed by atoms with van der Waals surface area (Å²) in [4.78, 5) is 20.9. The second kappa shape index (κ2) is 7.43. The highest BCUT2D eigenvalue weighted by molar-refractivity contribution is 5.93. The predicted octanol–water partition coefficient (Wildman–Crippen LogP) is 4.76. The molecule has 3 rings (SSSR count). The first kappa shape index (κ1) is 18.4. The third kappa shape index (κ3) is 4.20. The lowest BCUT2D eigenvalue weighted by Gasteiger charge is -2.32. The fraction of sp³-hybridized carbons (Fsp3) is 0.421. The van der Waals surface area contributed by atoms with Gasteiger partial charge in [-0.3, -0.25) is 4.79 Å². The van der Waals surface area contributed by atoms with Gasteiger partial charge >= 0.3 is 6.18 Å². The number of hydrogen-bond acceptors (Lipinski definition) is 3. The Balaban J connectivity index is 1.78. The van der Waals surface area contributed by atoms with Crippen molar-refractivity contribution in [2.24, 2.45) is 11.8 Å². The molecule has 1 aliphatic rings. The number of nitrogens with one attached hydrogen (secondary N) is 1. The molecule has 7 heteroatoms. The minimum Gasteiger partial charge on any atom is -0.326 e. The summed E-state index contributed by atoms with van der Waals surface area (Å²) in [6, 6.07) is 8.70. The van der Waals surface area contributed by atoms with Gasteiger partial charge in [0, 0.05) is 23.4 Å². The van der Waals surface area contributed by atoms with Crippen LogP contribution in [0.25, 0.3) is 11.3 Å². The van der Waals surface area contributed by atoms with E-state index in [1.807, 2.05) is 6.07 Å². The van der Waals surface area contributed by atoms with E-state index in [4.69, 9.17) is 0 Å². The molecule has 0 aliphatic heterocycles. The average Bonchev–Trinajstić information content (AvgIpc) is 2.61. The first-order chi connectivity index (χ1) is 12.3. The number of alkyl halides is 3. The van der Waals surface area contributed by atoms with Crippen molar-refractivity contribution in [1.29, 1.82) is 0 Å². The Bertz CT molecular complexity index is 792. The lowest BCUT2D eigenvalue weighted by molar-refractivity contribution is -0.197. The van der Waals surface area contributed by atoms with Gasteiger partial charge in [-0.25, -0.2) is 9.97 Å². The first-order valence-corrected chi connectivity index (χ1v) is 8.62. The molecule has 2 atom stereocenters. The summed E-state index contributed by atoms with van der Waals surface area (Å²) in [6.07, 6.45) is -1.27. The zero-order chi connectivity index (χ0) is 18.7. The Kier molecular flexibility index (Phi) is 5.25. The van der Waals surface area contributed by atoms with Gasteiger partial charge in [0.25, 0.3) is 0 Å². The molecule has 0 unspecified atom stereocenters. The fourth-order valence-corrected chi connectivity index (χ4v) is 3.44. The van der Waals surface area contributed by atoms with Crippen molar-refractivity contribution in [3.05, 3.63) is 42.4 Å². The number of aryl methyl sites for hydroxylation is 1. The Labute approximate surface area is 149 Å². The molecule has 0 spiro atoms. The Hall–Kier alpha value is -2.44. The van der Waals surface area contributed by atoms with E-state index >= 15 is 0 Å². The van der Waals surface area contributed by atoms with Gasteiger partial charge in [-0.2, -0.15) is 13.2 Å². The smallest absolute Gasteiger partial charge is 0.326 e. The third-order valence-corrected chi connectivity index (χ3v) is 4.73. The SMILES string of the molecule is Cc1nccc(-c2cccc(NC(=O)[C@H]3CCCC[C@H]3C(F)(F)F)c2)n1. The van der Waals surface area contributed by atoms with Crippen molar-refractivity contribution >= 4 is 11.6 Å². The van der Waals surface area contributed by atoms with E-state index in [0.717, 1.165) is 5.56 Å². The van der Waals surface area contributed by atoms with E-state index in [0.29, 0.717) is 30.0 Å². The van der Waals surface area contributed by atoms with E-state index in [1.54, 1.807) is 37.4 Å². The van der Waals surface area contributed by atoms with Crippen molar-refractivity contribution in [3.8, 4) is 11.3 Å². The molecule has 138 valence electrons. The van der Waals surface area contributed by atoms with Crippen LogP contribution in [0.4, 0.5) is 18.9 Å². The van der Waals surface area contributed by atoms with Crippen molar-refractivity contribution in [2.45, 2.75) is 38.8 Å². The first-order valence-electron chi connectivity index (χ1n) is 8.62. The van der Waals surface area contributed by atoms with Crippen LogP contribution in [0, 0.1) is 18.8 Å². The molecular formula is C19H20F3N3O. The van der Waals surface area contributed by atoms with Gasteiger partial charge in [-0.1, -0.05) is 25.0 Å². The molecule has 1 heterocycles. The summed E-state index contributed by atoms with van der Waals surface area (Å²) in [6.45, 7) is 1.77. The van der Waals surface area contributed by atoms with E-state index in [9.17, 15) is 18.0 Å². The number of rotatable bonds is 3. The lowest BCUT2D eigenvalue weighted by Crippen LogP contribution is -2.39. The van der Waals surface area contributed by atoms with E-state index in [1.165, 1.54) is 0 Å². The molecule has 1 amide bonds. The van der Waals surface area contributed by atoms with Crippen molar-refractivity contribution in [3.63, 3.8) is 0 Å². The van der Waals surface area contributed by atoms with Crippen molar-refractivity contribution in [2.75, 3.05) is 5.32 Å². The average molecular weight is 363 g/mol. The minimum absolute atomic E-state index is 0.0157. The molecule has 1 aromatic heterocycles. The molecule has 0 bridgehead atoms. The number of amides is 1. The zero-order valence-electron chi connectivity index (χ0n) is 14.4. The molecule has 4 nitrogen and oxygen atoms in total. The summed E-state index contributed by atoms with van der Waals surface area (Å²) in [5, 5.41) is 2.66. The van der Waals surface area contributed by atoms with Crippen LogP contribution in [0.3, 0.4) is 0 Å². The maximum absolute atomic E-state index is 13.2. The third-order valence-electron chi connectivity index (χ3n) is 4.73. The topological polar surface area (TPSA) is 54.9 Å².